The van der Waals surface area contributed by atoms with Gasteiger partial charge >= 0.3 is 23.9 Å². The quantitative estimate of drug-likeness (QED) is 0.104. The van der Waals surface area contributed by atoms with Gasteiger partial charge in [-0.25, -0.2) is 4.98 Å². The van der Waals surface area contributed by atoms with Gasteiger partial charge in [-0.3, -0.25) is 19.2 Å². The van der Waals surface area contributed by atoms with Crippen LogP contribution in [-0.4, -0.2) is 182 Å². The Labute approximate surface area is 446 Å². The van der Waals surface area contributed by atoms with Gasteiger partial charge in [-0.2, -0.15) is 0 Å². The van der Waals surface area contributed by atoms with E-state index in [0.717, 1.165) is 28.1 Å². The minimum absolute atomic E-state index is 0.0247. The molecule has 420 valence electrons. The lowest BCUT2D eigenvalue weighted by Crippen LogP contribution is -2.66. The topological polar surface area (TPSA) is 228 Å². The number of benzene rings is 1. The summed E-state index contributed by atoms with van der Waals surface area (Å²) in [6, 6.07) is 7.19. The summed E-state index contributed by atoms with van der Waals surface area (Å²) in [5.41, 5.74) is 1.51. The third-order valence-corrected chi connectivity index (χ3v) is 15.1. The molecule has 16 atom stereocenters. The number of hydrogen-bond acceptors (Lipinski definition) is 20. The summed E-state index contributed by atoms with van der Waals surface area (Å²) in [6.07, 6.45) is -6.40. The molecular formula is C55H83N3O16S. The fourth-order valence-corrected chi connectivity index (χ4v) is 11.1. The largest absolute Gasteiger partial charge is 0.462 e. The Bertz CT molecular complexity index is 2190. The monoisotopic (exact) mass is 1070 g/mol. The number of aryl methyl sites for hydroxylation is 1. The van der Waals surface area contributed by atoms with Crippen molar-refractivity contribution in [2.24, 2.45) is 11.8 Å². The van der Waals surface area contributed by atoms with E-state index in [1.165, 1.54) is 14.0 Å². The van der Waals surface area contributed by atoms with Gasteiger partial charge in [0.2, 0.25) is 0 Å². The number of cyclic esters (lactones) is 1. The summed E-state index contributed by atoms with van der Waals surface area (Å²) < 4.78 is 56.2. The third-order valence-electron chi connectivity index (χ3n) is 14.3. The van der Waals surface area contributed by atoms with E-state index in [4.69, 9.17) is 42.6 Å². The van der Waals surface area contributed by atoms with Crippen molar-refractivity contribution in [1.29, 1.82) is 0 Å². The summed E-state index contributed by atoms with van der Waals surface area (Å²) >= 11 is 1.59. The van der Waals surface area contributed by atoms with E-state index < -0.39 is 127 Å². The molecule has 0 bridgehead atoms. The Balaban J connectivity index is 1.45. The first-order chi connectivity index (χ1) is 35.6. The molecule has 19 nitrogen and oxygen atoms in total. The van der Waals surface area contributed by atoms with Crippen molar-refractivity contribution in [3.63, 3.8) is 0 Å². The Hall–Kier alpha value is -4.22. The molecule has 0 saturated carbocycles. The maximum atomic E-state index is 14.3. The second-order valence-corrected chi connectivity index (χ2v) is 21.8. The zero-order chi connectivity index (χ0) is 55.1. The van der Waals surface area contributed by atoms with Crippen molar-refractivity contribution in [2.75, 3.05) is 41.3 Å². The average Bonchev–Trinajstić information content (AvgIpc) is 3.79. The minimum atomic E-state index is -1.44. The highest BCUT2D eigenvalue weighted by Gasteiger charge is 2.54. The van der Waals surface area contributed by atoms with E-state index >= 15 is 0 Å². The highest BCUT2D eigenvalue weighted by atomic mass is 32.1. The summed E-state index contributed by atoms with van der Waals surface area (Å²) in [5.74, 6) is -3.46. The van der Waals surface area contributed by atoms with Gasteiger partial charge in [0, 0.05) is 63.6 Å². The predicted molar refractivity (Wildman–Crippen MR) is 279 cm³/mol. The van der Waals surface area contributed by atoms with Gasteiger partial charge in [-0.1, -0.05) is 51.1 Å². The zero-order valence-electron chi connectivity index (χ0n) is 45.9. The Kier molecular flexibility index (Phi) is 23.8. The summed E-state index contributed by atoms with van der Waals surface area (Å²) in [6.45, 7) is 14.4. The predicted octanol–water partition coefficient (Wildman–Crippen LogP) is 6.06. The van der Waals surface area contributed by atoms with Crippen LogP contribution in [0.15, 0.2) is 35.7 Å². The molecule has 3 fully saturated rings. The van der Waals surface area contributed by atoms with E-state index in [1.807, 2.05) is 61.5 Å². The molecule has 5 rings (SSSR count). The number of likely N-dealkylation sites (N-methyl/N-ethyl adjacent to an activating group) is 2. The van der Waals surface area contributed by atoms with Gasteiger partial charge in [-0.15, -0.1) is 11.3 Å². The first-order valence-corrected chi connectivity index (χ1v) is 27.2. The second-order valence-electron chi connectivity index (χ2n) is 20.8. The van der Waals surface area contributed by atoms with Gasteiger partial charge in [0.15, 0.2) is 24.3 Å². The van der Waals surface area contributed by atoms with Crippen LogP contribution in [0.4, 0.5) is 0 Å². The van der Waals surface area contributed by atoms with Crippen molar-refractivity contribution in [3.8, 4) is 11.3 Å². The number of aromatic nitrogens is 1. The van der Waals surface area contributed by atoms with Crippen LogP contribution >= 0.6 is 11.3 Å². The van der Waals surface area contributed by atoms with Crippen molar-refractivity contribution < 1.29 is 76.8 Å². The van der Waals surface area contributed by atoms with Crippen molar-refractivity contribution >= 4 is 47.6 Å². The first-order valence-electron chi connectivity index (χ1n) is 26.4. The standard InChI is InChI=1S/C55H83N3O16S/c1-13-44(62)70-43-28-46(64)69-40(21-16-19-37-18-15-20-38(27-37)41-31-75-35(6)56-41)22-17-24-58(11)30-42(61)32(3)26-39(23-25-59)51(52(43)66-12)73-54-49(65)48(57(9)10)50(33(4)68-54)72-47-29-55(8,74-36(7)60)53(34(5)67-47)71-45(63)14-2/h15-16,18-20,25,27,31-34,39-40,42-43,47-54,61,65H,13-14,17,21-24,26,28-30H2,1-12H3/b19-16+/t32-,33?,34?,39+,40+,42+,43-,47+,48?,49?,50-,51+,52+,53+,54+,55?/m1/s1. The molecule has 4 heterocycles. The van der Waals surface area contributed by atoms with Crippen LogP contribution in [0.5, 0.6) is 0 Å². The lowest BCUT2D eigenvalue weighted by Gasteiger charge is -2.50. The number of methoxy groups -OCH3 is 1. The molecule has 2 aromatic rings. The number of carbonyl (C=O) groups is 5. The second kappa shape index (κ2) is 29.0. The number of thiazole rings is 1. The number of ether oxygens (including phenoxy) is 9. The molecule has 3 aliphatic rings. The van der Waals surface area contributed by atoms with E-state index in [9.17, 15) is 34.2 Å². The molecule has 1 aromatic carbocycles. The number of aldehydes is 1. The number of carbonyl (C=O) groups excluding carboxylic acids is 5. The maximum absolute atomic E-state index is 14.3. The molecular weight excluding hydrogens is 991 g/mol. The molecule has 5 unspecified atom stereocenters. The SMILES string of the molecule is CCC(=O)O[C@@H]1CC(=O)O[C@@H](C/C=C/c2cccc(-c3csc(C)n3)c2)CCCN(C)C[C@H](O)[C@H](C)C[C@H](CC=O)[C@H](O[C@@H]2OC(C)[C@@H](O[C@H]3CC(C)(OC(C)=O)[C@@H](OC(=O)CC)C(C)O3)C(N(C)C)C2O)[C@H]1OC. The first kappa shape index (κ1) is 61.6. The molecule has 0 amide bonds. The van der Waals surface area contributed by atoms with Crippen LogP contribution in [0.3, 0.4) is 0 Å². The highest BCUT2D eigenvalue weighted by molar-refractivity contribution is 7.09. The molecule has 3 aliphatic heterocycles. The summed E-state index contributed by atoms with van der Waals surface area (Å²) in [4.78, 5) is 73.5. The normalized spacial score (nSPS) is 33.9. The molecule has 0 aliphatic carbocycles. The van der Waals surface area contributed by atoms with E-state index in [1.54, 1.807) is 65.0 Å². The molecule has 2 N–H and O–H groups in total. The number of aliphatic hydroxyl groups is 2. The number of rotatable bonds is 17. The van der Waals surface area contributed by atoms with Crippen LogP contribution in [0.2, 0.25) is 0 Å². The van der Waals surface area contributed by atoms with Crippen LogP contribution in [0, 0.1) is 18.8 Å². The molecule has 75 heavy (non-hydrogen) atoms. The fourth-order valence-electron chi connectivity index (χ4n) is 10.5. The van der Waals surface area contributed by atoms with Crippen molar-refractivity contribution in [3.05, 3.63) is 46.3 Å². The lowest BCUT2D eigenvalue weighted by molar-refractivity contribution is -0.344. The molecule has 1 aromatic heterocycles. The Morgan fingerprint density at radius 2 is 1.72 bits per heavy atom. The Morgan fingerprint density at radius 3 is 2.36 bits per heavy atom. The third kappa shape index (κ3) is 17.4. The van der Waals surface area contributed by atoms with Crippen molar-refractivity contribution in [2.45, 2.75) is 198 Å². The molecule has 3 saturated heterocycles. The molecule has 0 spiro atoms. The molecule has 20 heteroatoms. The maximum Gasteiger partial charge on any atom is 0.309 e. The average molecular weight is 1070 g/mol. The summed E-state index contributed by atoms with van der Waals surface area (Å²) in [5, 5.41) is 27.1. The van der Waals surface area contributed by atoms with Crippen LogP contribution in [0.25, 0.3) is 17.3 Å². The van der Waals surface area contributed by atoms with Crippen LogP contribution in [-0.2, 0) is 66.6 Å². The molecule has 0 radical (unpaired) electrons. The highest BCUT2D eigenvalue weighted by Crippen LogP contribution is 2.39. The van der Waals surface area contributed by atoms with Gasteiger partial charge in [0.1, 0.15) is 36.8 Å². The van der Waals surface area contributed by atoms with Gasteiger partial charge in [0.05, 0.1) is 47.6 Å². The fraction of sp³-hybridized carbons (Fsp3) is 0.709. The lowest BCUT2D eigenvalue weighted by atomic mass is 9.82. The number of esters is 4. The number of aliphatic hydroxyl groups excluding tert-OH is 2. The van der Waals surface area contributed by atoms with Gasteiger partial charge in [-0.05, 0) is 98.1 Å². The minimum Gasteiger partial charge on any atom is -0.462 e. The Morgan fingerprint density at radius 1 is 1.00 bits per heavy atom. The van der Waals surface area contributed by atoms with Crippen LogP contribution < -0.4 is 0 Å². The van der Waals surface area contributed by atoms with E-state index in [-0.39, 0.29) is 32.1 Å². The number of hydrogen-bond donors (Lipinski definition) is 2. The van der Waals surface area contributed by atoms with E-state index in [2.05, 4.69) is 11.1 Å². The van der Waals surface area contributed by atoms with Gasteiger partial charge in [0.25, 0.3) is 0 Å². The van der Waals surface area contributed by atoms with Crippen molar-refractivity contribution in [1.82, 2.24) is 14.8 Å². The zero-order valence-corrected chi connectivity index (χ0v) is 46.7. The summed E-state index contributed by atoms with van der Waals surface area (Å²) in [7, 11) is 6.81. The van der Waals surface area contributed by atoms with Crippen LogP contribution in [0.1, 0.15) is 117 Å². The number of nitrogens with zero attached hydrogens (tertiary/aromatic N) is 3. The number of β-amino-alcohol motifs (C(OH)–C–C–N with tert-alkyl or cyclic N) is 1. The van der Waals surface area contributed by atoms with E-state index in [0.29, 0.717) is 32.4 Å². The smallest absolute Gasteiger partial charge is 0.309 e. The van der Waals surface area contributed by atoms with Gasteiger partial charge < -0.3 is 67.4 Å².